The normalized spacial score (nSPS) is 19.5. The summed E-state index contributed by atoms with van der Waals surface area (Å²) in [6.07, 6.45) is 4.75. The number of anilines is 8. The van der Waals surface area contributed by atoms with Crippen LogP contribution in [0.5, 0.6) is 0 Å². The van der Waals surface area contributed by atoms with E-state index in [1.807, 2.05) is 11.3 Å². The van der Waals surface area contributed by atoms with Crippen molar-refractivity contribution in [2.24, 2.45) is 0 Å². The summed E-state index contributed by atoms with van der Waals surface area (Å²) in [5.41, 5.74) is 19.4. The number of hydrogen-bond acceptors (Lipinski definition) is 5. The van der Waals surface area contributed by atoms with Crippen LogP contribution in [0.4, 0.5) is 45.5 Å². The predicted molar refractivity (Wildman–Crippen MR) is 301 cm³/mol. The molecule has 0 saturated heterocycles. The van der Waals surface area contributed by atoms with Gasteiger partial charge in [-0.1, -0.05) is 158 Å². The van der Waals surface area contributed by atoms with E-state index in [2.05, 4.69) is 228 Å². The number of rotatable bonds is 3. The molecule has 0 N–H and O–H groups in total. The first-order valence-corrected chi connectivity index (χ1v) is 26.3. The molecule has 1 aliphatic carbocycles. The molecule has 344 valence electrons. The van der Waals surface area contributed by atoms with Crippen molar-refractivity contribution in [2.75, 3.05) is 14.7 Å². The summed E-state index contributed by atoms with van der Waals surface area (Å²) in [7, 11) is 0. The van der Waals surface area contributed by atoms with E-state index in [0.29, 0.717) is 0 Å². The second kappa shape index (κ2) is 14.4. The monoisotopic (exact) mass is 927 g/mol. The Morgan fingerprint density at radius 3 is 1.81 bits per heavy atom. The molecular weight excluding hydrogens is 870 g/mol. The molecule has 0 bridgehead atoms. The molecule has 4 aliphatic rings. The maximum atomic E-state index is 7.04. The average molecular weight is 928 g/mol. The minimum atomic E-state index is -0.143. The summed E-state index contributed by atoms with van der Waals surface area (Å²) in [5.74, 6) is 0. The van der Waals surface area contributed by atoms with E-state index in [9.17, 15) is 0 Å². The Morgan fingerprint density at radius 1 is 0.514 bits per heavy atom. The maximum absolute atomic E-state index is 7.04. The van der Waals surface area contributed by atoms with Crippen molar-refractivity contribution in [3.63, 3.8) is 0 Å². The summed E-state index contributed by atoms with van der Waals surface area (Å²) in [6, 6.07) is 60.6. The highest BCUT2D eigenvalue weighted by molar-refractivity contribution is 7.26. The Labute approximate surface area is 416 Å². The van der Waals surface area contributed by atoms with E-state index in [1.165, 1.54) is 112 Å². The molecular formula is C64H58BN3OS. The first-order chi connectivity index (χ1) is 33.7. The van der Waals surface area contributed by atoms with Gasteiger partial charge in [-0.05, 0) is 124 Å². The average Bonchev–Trinajstić information content (AvgIpc) is 3.99. The van der Waals surface area contributed by atoms with Crippen molar-refractivity contribution in [2.45, 2.75) is 103 Å². The zero-order valence-electron chi connectivity index (χ0n) is 41.6. The Bertz CT molecular complexity index is 3850. The summed E-state index contributed by atoms with van der Waals surface area (Å²) in [6.45, 7) is 19.2. The standard InChI is InChI=1S/C64H58BN3OS/c1-61(2,3)39-29-31-49-46(35-39)65-47-36-40(62(4,5)6)30-32-50(47)67(52-25-17-21-43-42-19-9-13-26-55(42)69-60(43)52)54-38-41(68-48-23-12-11-22-45(48)63(7)33-15-16-34-64(63,68)8)37-53(59(54)65)66(49)51-24-18-28-57-58(51)44-20-10-14-27-56(44)70-57/h9-14,17-32,35-38H,15-16,33-34H2,1-8H3. The second-order valence-electron chi connectivity index (χ2n) is 23.2. The quantitative estimate of drug-likeness (QED) is 0.165. The highest BCUT2D eigenvalue weighted by atomic mass is 32.1. The summed E-state index contributed by atoms with van der Waals surface area (Å²) < 4.78 is 9.65. The van der Waals surface area contributed by atoms with E-state index in [-0.39, 0.29) is 28.5 Å². The first-order valence-electron chi connectivity index (χ1n) is 25.5. The number of furan rings is 1. The van der Waals surface area contributed by atoms with Crippen LogP contribution in [0.2, 0.25) is 0 Å². The number of hydrogen-bond donors (Lipinski definition) is 0. The van der Waals surface area contributed by atoms with Crippen molar-refractivity contribution < 1.29 is 4.42 Å². The summed E-state index contributed by atoms with van der Waals surface area (Å²) in [5, 5.41) is 4.87. The fourth-order valence-electron chi connectivity index (χ4n) is 13.5. The largest absolute Gasteiger partial charge is 0.454 e. The van der Waals surface area contributed by atoms with Gasteiger partial charge in [0.2, 0.25) is 0 Å². The Hall–Kier alpha value is -6.76. The van der Waals surface area contributed by atoms with Crippen LogP contribution in [-0.2, 0) is 16.2 Å². The molecule has 1 fully saturated rings. The van der Waals surface area contributed by atoms with Gasteiger partial charge in [0.15, 0.2) is 5.58 Å². The van der Waals surface area contributed by atoms with Crippen molar-refractivity contribution in [1.29, 1.82) is 0 Å². The summed E-state index contributed by atoms with van der Waals surface area (Å²) in [4.78, 5) is 8.04. The highest BCUT2D eigenvalue weighted by Gasteiger charge is 2.58. The maximum Gasteiger partial charge on any atom is 0.252 e. The van der Waals surface area contributed by atoms with E-state index >= 15 is 0 Å². The van der Waals surface area contributed by atoms with Gasteiger partial charge in [0.25, 0.3) is 6.71 Å². The topological polar surface area (TPSA) is 22.9 Å². The first kappa shape index (κ1) is 42.2. The van der Waals surface area contributed by atoms with Gasteiger partial charge in [0.1, 0.15) is 5.58 Å². The molecule has 3 aliphatic heterocycles. The number of fused-ring (bicyclic) bond motifs is 13. The van der Waals surface area contributed by atoms with Gasteiger partial charge >= 0.3 is 0 Å². The van der Waals surface area contributed by atoms with Crippen LogP contribution in [0.3, 0.4) is 0 Å². The molecule has 2 atom stereocenters. The molecule has 6 heteroatoms. The van der Waals surface area contributed by atoms with Crippen molar-refractivity contribution in [1.82, 2.24) is 0 Å². The second-order valence-corrected chi connectivity index (χ2v) is 24.3. The van der Waals surface area contributed by atoms with Gasteiger partial charge in [0.05, 0.1) is 16.9 Å². The molecule has 5 heterocycles. The van der Waals surface area contributed by atoms with Gasteiger partial charge in [-0.2, -0.15) is 0 Å². The van der Waals surface area contributed by atoms with E-state index in [1.54, 1.807) is 0 Å². The van der Waals surface area contributed by atoms with Crippen LogP contribution in [0.25, 0.3) is 42.1 Å². The number of benzene rings is 8. The molecule has 4 nitrogen and oxygen atoms in total. The molecule has 70 heavy (non-hydrogen) atoms. The Morgan fingerprint density at radius 2 is 1.09 bits per heavy atom. The van der Waals surface area contributed by atoms with E-state index in [4.69, 9.17) is 4.42 Å². The highest BCUT2D eigenvalue weighted by Crippen LogP contribution is 2.62. The van der Waals surface area contributed by atoms with Crippen LogP contribution >= 0.6 is 11.3 Å². The van der Waals surface area contributed by atoms with Gasteiger partial charge < -0.3 is 19.1 Å². The van der Waals surface area contributed by atoms with Crippen LogP contribution in [-0.4, -0.2) is 12.3 Å². The SMILES string of the molecule is CC(C)(C)c1ccc2c(c1)B1c3cc(C(C)(C)C)ccc3N(c3cccc4sc5ccccc5c34)c3cc(N4c5ccccc5C5(C)CCCCC45C)cc(c31)N2c1cccc2c1oc1ccccc12. The lowest BCUT2D eigenvalue weighted by atomic mass is 9.33. The van der Waals surface area contributed by atoms with E-state index in [0.717, 1.165) is 34.0 Å². The van der Waals surface area contributed by atoms with Crippen molar-refractivity contribution in [3.8, 4) is 0 Å². The van der Waals surface area contributed by atoms with Gasteiger partial charge in [-0.3, -0.25) is 0 Å². The number of nitrogens with zero attached hydrogens (tertiary/aromatic N) is 3. The molecule has 2 aromatic heterocycles. The smallest absolute Gasteiger partial charge is 0.252 e. The fourth-order valence-corrected chi connectivity index (χ4v) is 14.7. The molecule has 10 aromatic rings. The molecule has 2 unspecified atom stereocenters. The molecule has 14 rings (SSSR count). The lowest BCUT2D eigenvalue weighted by molar-refractivity contribution is 0.195. The minimum Gasteiger partial charge on any atom is -0.454 e. The van der Waals surface area contributed by atoms with Gasteiger partial charge in [-0.25, -0.2) is 0 Å². The van der Waals surface area contributed by atoms with Crippen LogP contribution < -0.4 is 31.1 Å². The van der Waals surface area contributed by atoms with Crippen molar-refractivity contribution >= 4 is 122 Å². The lowest BCUT2D eigenvalue weighted by Crippen LogP contribution is -2.62. The third-order valence-electron chi connectivity index (χ3n) is 17.3. The van der Waals surface area contributed by atoms with Crippen molar-refractivity contribution in [3.05, 3.63) is 174 Å². The molecule has 0 amide bonds. The predicted octanol–water partition coefficient (Wildman–Crippen LogP) is 16.4. The molecule has 1 saturated carbocycles. The van der Waals surface area contributed by atoms with Crippen LogP contribution in [0.15, 0.2) is 162 Å². The Kier molecular flexibility index (Phi) is 8.68. The molecule has 8 aromatic carbocycles. The van der Waals surface area contributed by atoms with Gasteiger partial charge in [0, 0.05) is 70.5 Å². The minimum absolute atomic E-state index is 0.0101. The molecule has 0 radical (unpaired) electrons. The van der Waals surface area contributed by atoms with Gasteiger partial charge in [-0.15, -0.1) is 11.3 Å². The number of thiophene rings is 1. The third kappa shape index (κ3) is 5.66. The van der Waals surface area contributed by atoms with E-state index < -0.39 is 0 Å². The Balaban J connectivity index is 1.16. The fraction of sp³-hybridized carbons (Fsp3) is 0.250. The molecule has 0 spiro atoms. The van der Waals surface area contributed by atoms with Crippen LogP contribution in [0, 0.1) is 0 Å². The zero-order chi connectivity index (χ0) is 47.6. The van der Waals surface area contributed by atoms with Crippen LogP contribution in [0.1, 0.15) is 97.8 Å². The zero-order valence-corrected chi connectivity index (χ0v) is 42.4. The lowest BCUT2D eigenvalue weighted by Gasteiger charge is -2.51. The third-order valence-corrected chi connectivity index (χ3v) is 18.4. The summed E-state index contributed by atoms with van der Waals surface area (Å²) >= 11 is 1.90. The number of para-hydroxylation sites is 3.